The number of aromatic hydroxyl groups is 1. The third-order valence-electron chi connectivity index (χ3n) is 2.95. The predicted molar refractivity (Wildman–Crippen MR) is 80.9 cm³/mol. The van der Waals surface area contributed by atoms with Gasteiger partial charge in [-0.2, -0.15) is 0 Å². The van der Waals surface area contributed by atoms with E-state index in [9.17, 15) is 5.11 Å². The summed E-state index contributed by atoms with van der Waals surface area (Å²) in [5.74, 6) is 1.15. The van der Waals surface area contributed by atoms with Crippen molar-refractivity contribution in [3.8, 4) is 11.5 Å². The molecule has 0 aliphatic heterocycles. The lowest BCUT2D eigenvalue weighted by Crippen LogP contribution is -2.00. The fourth-order valence-electron chi connectivity index (χ4n) is 1.89. The largest absolute Gasteiger partial charge is 0.506 e. The highest BCUT2D eigenvalue weighted by Gasteiger charge is 2.05. The average molecular weight is 322 g/mol. The van der Waals surface area contributed by atoms with Crippen LogP contribution >= 0.6 is 15.9 Å². The minimum absolute atomic E-state index is 0.278. The minimum atomic E-state index is 0.278. The van der Waals surface area contributed by atoms with Crippen LogP contribution in [0.1, 0.15) is 11.1 Å². The number of halogens is 1. The van der Waals surface area contributed by atoms with Gasteiger partial charge in [0.1, 0.15) is 11.5 Å². The Hall–Kier alpha value is -1.68. The Balaban J connectivity index is 2.10. The smallest absolute Gasteiger partial charge is 0.134 e. The summed E-state index contributed by atoms with van der Waals surface area (Å²) in [4.78, 5) is 0. The number of aryl methyl sites for hydroxylation is 1. The molecule has 0 bridgehead atoms. The highest BCUT2D eigenvalue weighted by molar-refractivity contribution is 9.10. The monoisotopic (exact) mass is 321 g/mol. The van der Waals surface area contributed by atoms with Crippen molar-refractivity contribution in [2.24, 2.45) is 0 Å². The van der Waals surface area contributed by atoms with Crippen molar-refractivity contribution in [3.05, 3.63) is 52.0 Å². The SMILES string of the molecule is COc1ccc(NCc2cccc(Br)c2O)cc1C. The van der Waals surface area contributed by atoms with E-state index in [4.69, 9.17) is 4.74 Å². The molecular formula is C15H16BrNO2. The molecule has 0 saturated heterocycles. The van der Waals surface area contributed by atoms with Gasteiger partial charge in [-0.05, 0) is 52.7 Å². The third kappa shape index (κ3) is 3.20. The summed E-state index contributed by atoms with van der Waals surface area (Å²) < 4.78 is 5.93. The van der Waals surface area contributed by atoms with Crippen LogP contribution in [0, 0.1) is 6.92 Å². The van der Waals surface area contributed by atoms with E-state index in [0.717, 1.165) is 22.6 Å². The molecule has 0 unspecified atom stereocenters. The molecule has 0 atom stereocenters. The Morgan fingerprint density at radius 2 is 2.05 bits per heavy atom. The number of hydrogen-bond acceptors (Lipinski definition) is 3. The second kappa shape index (κ2) is 5.97. The van der Waals surface area contributed by atoms with Crippen molar-refractivity contribution in [3.63, 3.8) is 0 Å². The first-order chi connectivity index (χ1) is 9.11. The normalized spacial score (nSPS) is 10.3. The summed E-state index contributed by atoms with van der Waals surface area (Å²) in [6.45, 7) is 2.57. The van der Waals surface area contributed by atoms with Crippen LogP contribution < -0.4 is 10.1 Å². The van der Waals surface area contributed by atoms with Gasteiger partial charge >= 0.3 is 0 Å². The van der Waals surface area contributed by atoms with E-state index in [-0.39, 0.29) is 5.75 Å². The summed E-state index contributed by atoms with van der Waals surface area (Å²) in [7, 11) is 1.66. The summed E-state index contributed by atoms with van der Waals surface area (Å²) in [6.07, 6.45) is 0. The molecule has 19 heavy (non-hydrogen) atoms. The van der Waals surface area contributed by atoms with Crippen molar-refractivity contribution in [1.82, 2.24) is 0 Å². The number of nitrogens with one attached hydrogen (secondary N) is 1. The molecule has 3 nitrogen and oxygen atoms in total. The minimum Gasteiger partial charge on any atom is -0.506 e. The molecule has 0 amide bonds. The molecule has 0 aliphatic carbocycles. The standard InChI is InChI=1S/C15H16BrNO2/c1-10-8-12(6-7-14(10)19-2)17-9-11-4-3-5-13(16)15(11)18/h3-8,17-18H,9H2,1-2H3. The molecule has 0 aliphatic rings. The number of benzene rings is 2. The van der Waals surface area contributed by atoms with Gasteiger partial charge in [-0.25, -0.2) is 0 Å². The Bertz CT molecular complexity index is 584. The van der Waals surface area contributed by atoms with Crippen molar-refractivity contribution < 1.29 is 9.84 Å². The lowest BCUT2D eigenvalue weighted by atomic mass is 10.1. The zero-order chi connectivity index (χ0) is 13.8. The van der Waals surface area contributed by atoms with Crippen LogP contribution in [0.5, 0.6) is 11.5 Å². The maximum absolute atomic E-state index is 9.91. The first-order valence-electron chi connectivity index (χ1n) is 5.96. The number of para-hydroxylation sites is 1. The van der Waals surface area contributed by atoms with Crippen LogP contribution in [0.15, 0.2) is 40.9 Å². The molecule has 4 heteroatoms. The van der Waals surface area contributed by atoms with Crippen molar-refractivity contribution in [1.29, 1.82) is 0 Å². The molecule has 0 aromatic heterocycles. The summed E-state index contributed by atoms with van der Waals surface area (Å²) in [6, 6.07) is 11.5. The molecule has 0 saturated carbocycles. The van der Waals surface area contributed by atoms with Gasteiger partial charge in [0.25, 0.3) is 0 Å². The van der Waals surface area contributed by atoms with Crippen LogP contribution in [0.25, 0.3) is 0 Å². The Kier molecular flexibility index (Phi) is 4.32. The van der Waals surface area contributed by atoms with Gasteiger partial charge in [0, 0.05) is 17.8 Å². The van der Waals surface area contributed by atoms with Crippen LogP contribution in [0.3, 0.4) is 0 Å². The van der Waals surface area contributed by atoms with Gasteiger partial charge < -0.3 is 15.2 Å². The molecule has 2 rings (SSSR count). The van der Waals surface area contributed by atoms with Crippen LogP contribution in [0.2, 0.25) is 0 Å². The van der Waals surface area contributed by atoms with Crippen LogP contribution in [-0.2, 0) is 6.54 Å². The zero-order valence-electron chi connectivity index (χ0n) is 10.9. The van der Waals surface area contributed by atoms with Crippen molar-refractivity contribution in [2.75, 3.05) is 12.4 Å². The Labute approximate surface area is 121 Å². The molecule has 0 radical (unpaired) electrons. The summed E-state index contributed by atoms with van der Waals surface area (Å²) in [5.41, 5.74) is 2.92. The molecule has 0 spiro atoms. The number of anilines is 1. The van der Waals surface area contributed by atoms with Gasteiger partial charge in [-0.3, -0.25) is 0 Å². The van der Waals surface area contributed by atoms with Gasteiger partial charge in [-0.1, -0.05) is 12.1 Å². The molecule has 100 valence electrons. The quantitative estimate of drug-likeness (QED) is 0.891. The number of methoxy groups -OCH3 is 1. The Morgan fingerprint density at radius 1 is 1.26 bits per heavy atom. The lowest BCUT2D eigenvalue weighted by Gasteiger charge is -2.11. The number of phenols is 1. The summed E-state index contributed by atoms with van der Waals surface area (Å²) in [5, 5.41) is 13.2. The first kappa shape index (κ1) is 13.7. The lowest BCUT2D eigenvalue weighted by molar-refractivity contribution is 0.412. The van der Waals surface area contributed by atoms with E-state index in [1.165, 1.54) is 0 Å². The third-order valence-corrected chi connectivity index (χ3v) is 3.59. The molecule has 2 N–H and O–H groups in total. The molecule has 0 heterocycles. The van der Waals surface area contributed by atoms with E-state index in [1.807, 2.05) is 43.3 Å². The van der Waals surface area contributed by atoms with Gasteiger partial charge in [0.2, 0.25) is 0 Å². The fraction of sp³-hybridized carbons (Fsp3) is 0.200. The topological polar surface area (TPSA) is 41.5 Å². The molecule has 2 aromatic carbocycles. The zero-order valence-corrected chi connectivity index (χ0v) is 12.5. The molecular weight excluding hydrogens is 306 g/mol. The fourth-order valence-corrected chi connectivity index (χ4v) is 2.30. The van der Waals surface area contributed by atoms with Gasteiger partial charge in [0.15, 0.2) is 0 Å². The van der Waals surface area contributed by atoms with Crippen molar-refractivity contribution >= 4 is 21.6 Å². The second-order valence-corrected chi connectivity index (χ2v) is 5.14. The first-order valence-corrected chi connectivity index (χ1v) is 6.76. The Morgan fingerprint density at radius 3 is 2.74 bits per heavy atom. The van der Waals surface area contributed by atoms with Crippen molar-refractivity contribution in [2.45, 2.75) is 13.5 Å². The maximum atomic E-state index is 9.91. The van der Waals surface area contributed by atoms with Gasteiger partial charge in [-0.15, -0.1) is 0 Å². The number of phenolic OH excluding ortho intramolecular Hbond substituents is 1. The number of hydrogen-bond donors (Lipinski definition) is 2. The predicted octanol–water partition coefficient (Wildman–Crippen LogP) is 4.08. The van der Waals surface area contributed by atoms with E-state index >= 15 is 0 Å². The highest BCUT2D eigenvalue weighted by atomic mass is 79.9. The molecule has 2 aromatic rings. The van der Waals surface area contributed by atoms with E-state index in [0.29, 0.717) is 11.0 Å². The second-order valence-electron chi connectivity index (χ2n) is 4.29. The van der Waals surface area contributed by atoms with E-state index in [2.05, 4.69) is 21.2 Å². The van der Waals surface area contributed by atoms with Crippen LogP contribution in [-0.4, -0.2) is 12.2 Å². The average Bonchev–Trinajstić information content (AvgIpc) is 2.40. The number of ether oxygens (including phenoxy) is 1. The molecule has 0 fully saturated rings. The van der Waals surface area contributed by atoms with Crippen LogP contribution in [0.4, 0.5) is 5.69 Å². The highest BCUT2D eigenvalue weighted by Crippen LogP contribution is 2.28. The summed E-state index contributed by atoms with van der Waals surface area (Å²) >= 11 is 3.31. The van der Waals surface area contributed by atoms with E-state index in [1.54, 1.807) is 7.11 Å². The maximum Gasteiger partial charge on any atom is 0.134 e. The van der Waals surface area contributed by atoms with Gasteiger partial charge in [0.05, 0.1) is 11.6 Å². The van der Waals surface area contributed by atoms with E-state index < -0.39 is 0 Å². The number of rotatable bonds is 4.